The molecule has 0 aliphatic carbocycles. The zero-order valence-corrected chi connectivity index (χ0v) is 11.7. The van der Waals surface area contributed by atoms with Crippen molar-refractivity contribution >= 4 is 5.91 Å². The van der Waals surface area contributed by atoms with E-state index in [1.165, 1.54) is 0 Å². The number of carbonyl (C=O) groups excluding carboxylic acids is 1. The molecule has 0 radical (unpaired) electrons. The number of rotatable bonds is 7. The average Bonchev–Trinajstić information content (AvgIpc) is 2.13. The second-order valence-electron chi connectivity index (χ2n) is 5.68. The minimum absolute atomic E-state index is 0.299. The molecule has 0 aromatic carbocycles. The van der Waals surface area contributed by atoms with Gasteiger partial charge >= 0.3 is 0 Å². The second-order valence-corrected chi connectivity index (χ2v) is 5.68. The van der Waals surface area contributed by atoms with Crippen LogP contribution in [0.25, 0.3) is 0 Å². The summed E-state index contributed by atoms with van der Waals surface area (Å²) in [5.74, 6) is 1.76. The van der Waals surface area contributed by atoms with Crippen molar-refractivity contribution in [2.75, 3.05) is 19.7 Å². The van der Waals surface area contributed by atoms with Crippen molar-refractivity contribution in [1.82, 2.24) is 4.90 Å². The van der Waals surface area contributed by atoms with Gasteiger partial charge in [0.2, 0.25) is 5.91 Å². The largest absolute Gasteiger partial charge is 0.379 e. The van der Waals surface area contributed by atoms with Gasteiger partial charge in [0.1, 0.15) is 0 Å². The Balaban J connectivity index is 2.00. The number of likely N-dealkylation sites (tertiary alicyclic amines) is 1. The average molecular weight is 241 g/mol. The third-order valence-corrected chi connectivity index (χ3v) is 3.44. The number of ether oxygens (including phenoxy) is 1. The fraction of sp³-hybridized carbons (Fsp3) is 0.929. The lowest BCUT2D eigenvalue weighted by Gasteiger charge is -2.41. The number of amides is 1. The summed E-state index contributed by atoms with van der Waals surface area (Å²) in [6.45, 7) is 11.3. The molecule has 0 N–H and O–H groups in total. The summed E-state index contributed by atoms with van der Waals surface area (Å²) < 4.78 is 5.45. The molecule has 0 unspecified atom stereocenters. The Morgan fingerprint density at radius 1 is 1.24 bits per heavy atom. The fourth-order valence-electron chi connectivity index (χ4n) is 1.99. The summed E-state index contributed by atoms with van der Waals surface area (Å²) in [5.41, 5.74) is 0. The number of carbonyl (C=O) groups is 1. The maximum atomic E-state index is 11.8. The van der Waals surface area contributed by atoms with Crippen LogP contribution < -0.4 is 0 Å². The predicted octanol–water partition coefficient (Wildman–Crippen LogP) is 2.70. The molecule has 1 saturated heterocycles. The van der Waals surface area contributed by atoms with Crippen molar-refractivity contribution in [1.29, 1.82) is 0 Å². The minimum atomic E-state index is 0.299. The van der Waals surface area contributed by atoms with Crippen LogP contribution in [-0.2, 0) is 9.53 Å². The van der Waals surface area contributed by atoms with E-state index in [0.29, 0.717) is 24.3 Å². The van der Waals surface area contributed by atoms with Crippen molar-refractivity contribution in [3.05, 3.63) is 0 Å². The van der Waals surface area contributed by atoms with Gasteiger partial charge < -0.3 is 9.64 Å². The van der Waals surface area contributed by atoms with Crippen LogP contribution in [0.3, 0.4) is 0 Å². The summed E-state index contributed by atoms with van der Waals surface area (Å²) in [6.07, 6.45) is 2.93. The molecule has 1 amide bonds. The van der Waals surface area contributed by atoms with E-state index in [0.717, 1.165) is 38.5 Å². The third kappa shape index (κ3) is 5.07. The summed E-state index contributed by atoms with van der Waals surface area (Å²) >= 11 is 0. The van der Waals surface area contributed by atoms with Gasteiger partial charge in [0, 0.05) is 26.1 Å². The molecule has 100 valence electrons. The molecule has 3 nitrogen and oxygen atoms in total. The molecule has 1 aliphatic heterocycles. The van der Waals surface area contributed by atoms with Gasteiger partial charge in [0.15, 0.2) is 0 Å². The van der Waals surface area contributed by atoms with E-state index >= 15 is 0 Å². The van der Waals surface area contributed by atoms with Crippen molar-refractivity contribution in [2.24, 2.45) is 11.8 Å². The first kappa shape index (κ1) is 14.5. The van der Waals surface area contributed by atoms with E-state index in [9.17, 15) is 4.79 Å². The Bertz CT molecular complexity index is 232. The van der Waals surface area contributed by atoms with Crippen molar-refractivity contribution in [2.45, 2.75) is 53.1 Å². The quantitative estimate of drug-likeness (QED) is 0.641. The van der Waals surface area contributed by atoms with E-state index in [-0.39, 0.29) is 0 Å². The molecule has 0 aromatic rings. The number of hydrogen-bond donors (Lipinski definition) is 0. The molecule has 0 atom stereocenters. The van der Waals surface area contributed by atoms with Crippen molar-refractivity contribution in [3.8, 4) is 0 Å². The molecule has 17 heavy (non-hydrogen) atoms. The van der Waals surface area contributed by atoms with Crippen LogP contribution in [0.4, 0.5) is 0 Å². The normalized spacial score (nSPS) is 16.7. The first-order valence-electron chi connectivity index (χ1n) is 6.90. The summed E-state index contributed by atoms with van der Waals surface area (Å²) in [6, 6.07) is 0. The zero-order chi connectivity index (χ0) is 12.8. The van der Waals surface area contributed by atoms with Gasteiger partial charge in [-0.15, -0.1) is 0 Å². The molecule has 1 fully saturated rings. The van der Waals surface area contributed by atoms with Crippen LogP contribution in [0.5, 0.6) is 0 Å². The third-order valence-electron chi connectivity index (χ3n) is 3.44. The first-order chi connectivity index (χ1) is 8.00. The second kappa shape index (κ2) is 7.00. The predicted molar refractivity (Wildman–Crippen MR) is 69.8 cm³/mol. The van der Waals surface area contributed by atoms with Gasteiger partial charge in [-0.2, -0.15) is 0 Å². The van der Waals surface area contributed by atoms with Crippen LogP contribution in [0.1, 0.15) is 47.0 Å². The van der Waals surface area contributed by atoms with Gasteiger partial charge in [-0.1, -0.05) is 13.8 Å². The minimum Gasteiger partial charge on any atom is -0.379 e. The molecule has 0 aromatic heterocycles. The first-order valence-corrected chi connectivity index (χ1v) is 6.90. The lowest BCUT2D eigenvalue weighted by molar-refractivity contribution is -0.138. The van der Waals surface area contributed by atoms with Crippen LogP contribution in [0.15, 0.2) is 0 Å². The number of unbranched alkanes of at least 4 members (excludes halogenated alkanes) is 1. The zero-order valence-electron chi connectivity index (χ0n) is 11.7. The Labute approximate surface area is 106 Å². The van der Waals surface area contributed by atoms with E-state index < -0.39 is 0 Å². The molecule has 0 spiro atoms. The molecule has 0 saturated carbocycles. The smallest absolute Gasteiger partial charge is 0.222 e. The molecular weight excluding hydrogens is 214 g/mol. The van der Waals surface area contributed by atoms with Crippen molar-refractivity contribution < 1.29 is 9.53 Å². The van der Waals surface area contributed by atoms with E-state index in [1.807, 2.05) is 18.7 Å². The SMILES string of the molecule is CC(C)OCCCCC(=O)N1CC(C(C)C)C1. The number of hydrogen-bond acceptors (Lipinski definition) is 2. The molecule has 1 heterocycles. The van der Waals surface area contributed by atoms with Crippen LogP contribution >= 0.6 is 0 Å². The molecular formula is C14H27NO2. The van der Waals surface area contributed by atoms with Crippen LogP contribution in [-0.4, -0.2) is 36.6 Å². The summed E-state index contributed by atoms with van der Waals surface area (Å²) in [7, 11) is 0. The summed E-state index contributed by atoms with van der Waals surface area (Å²) in [5, 5.41) is 0. The van der Waals surface area contributed by atoms with Crippen LogP contribution in [0, 0.1) is 11.8 Å². The van der Waals surface area contributed by atoms with E-state index in [1.54, 1.807) is 0 Å². The van der Waals surface area contributed by atoms with Gasteiger partial charge in [-0.05, 0) is 38.5 Å². The van der Waals surface area contributed by atoms with Gasteiger partial charge in [0.25, 0.3) is 0 Å². The highest BCUT2D eigenvalue weighted by Gasteiger charge is 2.31. The highest BCUT2D eigenvalue weighted by Crippen LogP contribution is 2.24. The highest BCUT2D eigenvalue weighted by atomic mass is 16.5. The molecule has 1 rings (SSSR count). The molecule has 0 bridgehead atoms. The molecule has 3 heteroatoms. The topological polar surface area (TPSA) is 29.5 Å². The van der Waals surface area contributed by atoms with Crippen LogP contribution in [0.2, 0.25) is 0 Å². The Morgan fingerprint density at radius 2 is 1.88 bits per heavy atom. The monoisotopic (exact) mass is 241 g/mol. The van der Waals surface area contributed by atoms with Gasteiger partial charge in [-0.25, -0.2) is 0 Å². The van der Waals surface area contributed by atoms with Gasteiger partial charge in [0.05, 0.1) is 6.10 Å². The maximum absolute atomic E-state index is 11.8. The van der Waals surface area contributed by atoms with E-state index in [4.69, 9.17) is 4.74 Å². The van der Waals surface area contributed by atoms with Crippen molar-refractivity contribution in [3.63, 3.8) is 0 Å². The Hall–Kier alpha value is -0.570. The highest BCUT2D eigenvalue weighted by molar-refractivity contribution is 5.76. The summed E-state index contributed by atoms with van der Waals surface area (Å²) in [4.78, 5) is 13.8. The van der Waals surface area contributed by atoms with Gasteiger partial charge in [-0.3, -0.25) is 4.79 Å². The number of nitrogens with zero attached hydrogens (tertiary/aromatic N) is 1. The standard InChI is InChI=1S/C14H27NO2/c1-11(2)13-9-15(10-13)14(16)7-5-6-8-17-12(3)4/h11-13H,5-10H2,1-4H3. The maximum Gasteiger partial charge on any atom is 0.222 e. The lowest BCUT2D eigenvalue weighted by atomic mass is 9.88. The van der Waals surface area contributed by atoms with E-state index in [2.05, 4.69) is 13.8 Å². The lowest BCUT2D eigenvalue weighted by Crippen LogP contribution is -2.51. The molecule has 1 aliphatic rings. The Kier molecular flexibility index (Phi) is 5.96. The Morgan fingerprint density at radius 3 is 2.41 bits per heavy atom. The fourth-order valence-corrected chi connectivity index (χ4v) is 1.99.